The van der Waals surface area contributed by atoms with Crippen LogP contribution in [0, 0.1) is 0 Å². The zero-order valence-electron chi connectivity index (χ0n) is 16.0. The van der Waals surface area contributed by atoms with Crippen LogP contribution in [-0.2, 0) is 0 Å². The fourth-order valence-electron chi connectivity index (χ4n) is 3.72. The molecule has 0 aromatic heterocycles. The van der Waals surface area contributed by atoms with Gasteiger partial charge in [0.25, 0.3) is 11.8 Å². The minimum atomic E-state index is -0.212. The molecule has 0 radical (unpaired) electrons. The quantitative estimate of drug-likeness (QED) is 0.388. The summed E-state index contributed by atoms with van der Waals surface area (Å²) in [4.78, 5) is 27.4. The summed E-state index contributed by atoms with van der Waals surface area (Å²) >= 11 is 0. The average Bonchev–Trinajstić information content (AvgIpc) is 2.73. The first-order chi connectivity index (χ1) is 13.7. The van der Waals surface area contributed by atoms with Crippen LogP contribution in [0.25, 0.3) is 10.8 Å². The molecular weight excluding hydrogens is 350 g/mol. The van der Waals surface area contributed by atoms with E-state index in [2.05, 4.69) is 6.92 Å². The van der Waals surface area contributed by atoms with Gasteiger partial charge in [0.05, 0.1) is 0 Å². The third-order valence-corrected chi connectivity index (χ3v) is 5.16. The standard InChI is InChI=1S/C24H23NO3/c1-2-3-4-8-16-25-23(26)19-13-9-12-18-21(28-17-10-6-5-7-11-17)15-14-20(22(18)19)24(25)27/h5-7,9-15H,2-4,8,16H2,1H3. The van der Waals surface area contributed by atoms with Gasteiger partial charge in [-0.25, -0.2) is 0 Å². The Bertz CT molecular complexity index is 1000. The normalized spacial score (nSPS) is 13.2. The lowest BCUT2D eigenvalue weighted by atomic mass is 9.93. The minimum absolute atomic E-state index is 0.212. The van der Waals surface area contributed by atoms with Crippen molar-refractivity contribution in [2.45, 2.75) is 32.6 Å². The molecule has 2 amide bonds. The van der Waals surface area contributed by atoms with Gasteiger partial charge in [-0.2, -0.15) is 0 Å². The van der Waals surface area contributed by atoms with E-state index in [0.717, 1.165) is 31.1 Å². The number of imide groups is 1. The van der Waals surface area contributed by atoms with E-state index in [1.807, 2.05) is 48.5 Å². The van der Waals surface area contributed by atoms with Crippen molar-refractivity contribution < 1.29 is 14.3 Å². The average molecular weight is 373 g/mol. The molecule has 0 aliphatic carbocycles. The third-order valence-electron chi connectivity index (χ3n) is 5.16. The Morgan fingerprint density at radius 2 is 1.54 bits per heavy atom. The fourth-order valence-corrected chi connectivity index (χ4v) is 3.72. The highest BCUT2D eigenvalue weighted by Gasteiger charge is 2.33. The molecule has 1 aliphatic heterocycles. The number of carbonyl (C=O) groups excluding carboxylic acids is 2. The Hall–Kier alpha value is -3.14. The molecule has 0 atom stereocenters. The number of unbranched alkanes of at least 4 members (excludes halogenated alkanes) is 3. The van der Waals surface area contributed by atoms with Gasteiger partial charge >= 0.3 is 0 Å². The first-order valence-corrected chi connectivity index (χ1v) is 9.85. The minimum Gasteiger partial charge on any atom is -0.457 e. The largest absolute Gasteiger partial charge is 0.457 e. The fraction of sp³-hybridized carbons (Fsp3) is 0.250. The van der Waals surface area contributed by atoms with Crippen LogP contribution in [0.15, 0.2) is 60.7 Å². The van der Waals surface area contributed by atoms with Gasteiger partial charge in [0.1, 0.15) is 11.5 Å². The lowest BCUT2D eigenvalue weighted by molar-refractivity contribution is 0.0608. The number of hydrogen-bond acceptors (Lipinski definition) is 3. The molecule has 0 saturated heterocycles. The number of ether oxygens (including phenoxy) is 1. The molecule has 0 N–H and O–H groups in total. The second-order valence-corrected chi connectivity index (χ2v) is 7.08. The van der Waals surface area contributed by atoms with E-state index in [-0.39, 0.29) is 11.8 Å². The summed E-state index contributed by atoms with van der Waals surface area (Å²) in [6.07, 6.45) is 4.09. The molecule has 4 rings (SSSR count). The highest BCUT2D eigenvalue weighted by atomic mass is 16.5. The van der Waals surface area contributed by atoms with Gasteiger partial charge in [0, 0.05) is 28.4 Å². The van der Waals surface area contributed by atoms with Crippen LogP contribution in [0.2, 0.25) is 0 Å². The Morgan fingerprint density at radius 3 is 2.29 bits per heavy atom. The summed E-state index contributed by atoms with van der Waals surface area (Å²) in [7, 11) is 0. The second kappa shape index (κ2) is 7.85. The lowest BCUT2D eigenvalue weighted by Gasteiger charge is -2.27. The zero-order chi connectivity index (χ0) is 19.5. The highest BCUT2D eigenvalue weighted by molar-refractivity contribution is 6.26. The third kappa shape index (κ3) is 3.26. The Kier molecular flexibility index (Phi) is 5.11. The van der Waals surface area contributed by atoms with Crippen LogP contribution in [0.1, 0.15) is 53.3 Å². The summed E-state index contributed by atoms with van der Waals surface area (Å²) in [6.45, 7) is 2.61. The van der Waals surface area contributed by atoms with Crippen LogP contribution in [-0.4, -0.2) is 23.3 Å². The molecule has 1 heterocycles. The number of carbonyl (C=O) groups is 2. The molecule has 0 spiro atoms. The van der Waals surface area contributed by atoms with Crippen molar-refractivity contribution >= 4 is 22.6 Å². The van der Waals surface area contributed by atoms with Crippen LogP contribution in [0.5, 0.6) is 11.5 Å². The van der Waals surface area contributed by atoms with Gasteiger partial charge in [0.15, 0.2) is 0 Å². The molecule has 0 unspecified atom stereocenters. The van der Waals surface area contributed by atoms with E-state index in [1.165, 1.54) is 4.90 Å². The number of benzene rings is 3. The van der Waals surface area contributed by atoms with E-state index in [1.54, 1.807) is 12.1 Å². The van der Waals surface area contributed by atoms with Crippen LogP contribution in [0.4, 0.5) is 0 Å². The maximum Gasteiger partial charge on any atom is 0.261 e. The van der Waals surface area contributed by atoms with Crippen molar-refractivity contribution in [1.29, 1.82) is 0 Å². The Morgan fingerprint density at radius 1 is 0.786 bits per heavy atom. The van der Waals surface area contributed by atoms with Gasteiger partial charge in [-0.1, -0.05) is 56.5 Å². The number of amides is 2. The molecule has 28 heavy (non-hydrogen) atoms. The van der Waals surface area contributed by atoms with Crippen molar-refractivity contribution in [3.63, 3.8) is 0 Å². The molecular formula is C24H23NO3. The number of rotatable bonds is 7. The highest BCUT2D eigenvalue weighted by Crippen LogP contribution is 2.37. The first kappa shape index (κ1) is 18.2. The molecule has 142 valence electrons. The maximum absolute atomic E-state index is 13.0. The van der Waals surface area contributed by atoms with Crippen LogP contribution in [0.3, 0.4) is 0 Å². The van der Waals surface area contributed by atoms with Gasteiger partial charge in [-0.15, -0.1) is 0 Å². The summed E-state index contributed by atoms with van der Waals surface area (Å²) in [5, 5.41) is 1.47. The predicted molar refractivity (Wildman–Crippen MR) is 110 cm³/mol. The van der Waals surface area contributed by atoms with Gasteiger partial charge < -0.3 is 4.74 Å². The van der Waals surface area contributed by atoms with Gasteiger partial charge in [-0.3, -0.25) is 14.5 Å². The monoisotopic (exact) mass is 373 g/mol. The number of para-hydroxylation sites is 1. The van der Waals surface area contributed by atoms with Crippen molar-refractivity contribution in [3.8, 4) is 11.5 Å². The maximum atomic E-state index is 13.0. The summed E-state index contributed by atoms with van der Waals surface area (Å²) < 4.78 is 6.02. The lowest BCUT2D eigenvalue weighted by Crippen LogP contribution is -2.40. The molecule has 3 aromatic rings. The summed E-state index contributed by atoms with van der Waals surface area (Å²) in [5.74, 6) is 0.936. The van der Waals surface area contributed by atoms with Crippen LogP contribution >= 0.6 is 0 Å². The SMILES string of the molecule is CCCCCCN1C(=O)c2cccc3c(Oc4ccccc4)ccc(c23)C1=O. The van der Waals surface area contributed by atoms with Crippen molar-refractivity contribution in [3.05, 3.63) is 71.8 Å². The molecule has 0 bridgehead atoms. The summed E-state index contributed by atoms with van der Waals surface area (Å²) in [6, 6.07) is 18.6. The molecule has 4 heteroatoms. The molecule has 0 saturated carbocycles. The van der Waals surface area contributed by atoms with Gasteiger partial charge in [-0.05, 0) is 36.8 Å². The molecule has 0 fully saturated rings. The molecule has 4 nitrogen and oxygen atoms in total. The zero-order valence-corrected chi connectivity index (χ0v) is 16.0. The van der Waals surface area contributed by atoms with E-state index in [4.69, 9.17) is 4.74 Å². The van der Waals surface area contributed by atoms with Crippen molar-refractivity contribution in [1.82, 2.24) is 4.90 Å². The number of hydrogen-bond donors (Lipinski definition) is 0. The van der Waals surface area contributed by atoms with E-state index in [9.17, 15) is 9.59 Å². The second-order valence-electron chi connectivity index (χ2n) is 7.08. The van der Waals surface area contributed by atoms with Crippen LogP contribution < -0.4 is 4.74 Å². The van der Waals surface area contributed by atoms with Crippen molar-refractivity contribution in [2.24, 2.45) is 0 Å². The molecule has 1 aliphatic rings. The summed E-state index contributed by atoms with van der Waals surface area (Å²) in [5.41, 5.74) is 1.14. The molecule has 3 aromatic carbocycles. The predicted octanol–water partition coefficient (Wildman–Crippen LogP) is 5.81. The Balaban J connectivity index is 1.71. The number of nitrogens with zero attached hydrogens (tertiary/aromatic N) is 1. The smallest absolute Gasteiger partial charge is 0.261 e. The van der Waals surface area contributed by atoms with E-state index < -0.39 is 0 Å². The van der Waals surface area contributed by atoms with Crippen molar-refractivity contribution in [2.75, 3.05) is 6.54 Å². The van der Waals surface area contributed by atoms with Gasteiger partial charge in [0.2, 0.25) is 0 Å². The topological polar surface area (TPSA) is 46.6 Å². The van der Waals surface area contributed by atoms with E-state index >= 15 is 0 Å². The van der Waals surface area contributed by atoms with E-state index in [0.29, 0.717) is 34.6 Å². The first-order valence-electron chi connectivity index (χ1n) is 9.85. The Labute approximate surface area is 164 Å².